The van der Waals surface area contributed by atoms with Crippen LogP contribution in [0.15, 0.2) is 152 Å². The highest BCUT2D eigenvalue weighted by atomic mass is 32.1. The third kappa shape index (κ3) is 6.54. The minimum absolute atomic E-state index is 0.0249. The molecule has 2 unspecified atom stereocenters. The van der Waals surface area contributed by atoms with Gasteiger partial charge in [0.25, 0.3) is 6.71 Å². The van der Waals surface area contributed by atoms with Crippen LogP contribution < -0.4 is 31.1 Å². The van der Waals surface area contributed by atoms with Gasteiger partial charge in [0.1, 0.15) is 0 Å². The van der Waals surface area contributed by atoms with Crippen molar-refractivity contribution in [3.63, 3.8) is 0 Å². The van der Waals surface area contributed by atoms with E-state index in [1.165, 1.54) is 146 Å². The lowest BCUT2D eigenvalue weighted by Gasteiger charge is -2.51. The van der Waals surface area contributed by atoms with E-state index < -0.39 is 0 Å². The molecule has 2 aliphatic carbocycles. The molecule has 14 rings (SSSR count). The molecule has 0 amide bonds. The fourth-order valence-electron chi connectivity index (χ4n) is 15.0. The maximum atomic E-state index is 2.84. The van der Waals surface area contributed by atoms with Crippen LogP contribution in [0.2, 0.25) is 0 Å². The zero-order chi connectivity index (χ0) is 52.8. The van der Waals surface area contributed by atoms with Crippen molar-refractivity contribution in [2.75, 3.05) is 14.7 Å². The molecule has 3 nitrogen and oxygen atoms in total. The Bertz CT molecular complexity index is 3950. The lowest BCUT2D eigenvalue weighted by Crippen LogP contribution is -2.62. The Morgan fingerprint density at radius 3 is 1.72 bits per heavy atom. The van der Waals surface area contributed by atoms with Crippen LogP contribution in [0.3, 0.4) is 0 Å². The van der Waals surface area contributed by atoms with Crippen LogP contribution in [-0.2, 0) is 27.1 Å². The van der Waals surface area contributed by atoms with Crippen LogP contribution in [0.25, 0.3) is 31.3 Å². The van der Waals surface area contributed by atoms with Gasteiger partial charge in [-0.25, -0.2) is 0 Å². The van der Waals surface area contributed by atoms with Gasteiger partial charge in [0.15, 0.2) is 0 Å². The summed E-state index contributed by atoms with van der Waals surface area (Å²) >= 11 is 1.90. The van der Waals surface area contributed by atoms with Gasteiger partial charge in [-0.1, -0.05) is 187 Å². The van der Waals surface area contributed by atoms with Gasteiger partial charge in [-0.2, -0.15) is 0 Å². The van der Waals surface area contributed by atoms with Gasteiger partial charge < -0.3 is 14.7 Å². The molecule has 3 aliphatic heterocycles. The Labute approximate surface area is 456 Å². The Balaban J connectivity index is 1.14. The molecule has 1 saturated carbocycles. The summed E-state index contributed by atoms with van der Waals surface area (Å²) in [5.74, 6) is 0. The van der Waals surface area contributed by atoms with Crippen molar-refractivity contribution in [2.24, 2.45) is 0 Å². The molecule has 76 heavy (non-hydrogen) atoms. The molecular formula is C71H72BN3S. The highest BCUT2D eigenvalue weighted by Crippen LogP contribution is 2.63. The maximum Gasteiger partial charge on any atom is 0.252 e. The average Bonchev–Trinajstić information content (AvgIpc) is 4.06. The first-order valence-corrected chi connectivity index (χ1v) is 29.1. The van der Waals surface area contributed by atoms with E-state index >= 15 is 0 Å². The second kappa shape index (κ2) is 15.8. The van der Waals surface area contributed by atoms with E-state index in [0.29, 0.717) is 0 Å². The quantitative estimate of drug-likeness (QED) is 0.163. The number of benzene rings is 8. The van der Waals surface area contributed by atoms with Crippen LogP contribution in [0.4, 0.5) is 45.5 Å². The first-order valence-electron chi connectivity index (χ1n) is 28.2. The minimum Gasteiger partial charge on any atom is -0.334 e. The van der Waals surface area contributed by atoms with Gasteiger partial charge in [-0.15, -0.1) is 11.3 Å². The predicted octanol–water partition coefficient (Wildman–Crippen LogP) is 18.1. The molecule has 8 aromatic carbocycles. The van der Waals surface area contributed by atoms with Gasteiger partial charge in [0, 0.05) is 76.4 Å². The molecule has 0 radical (unpaired) electrons. The van der Waals surface area contributed by atoms with Crippen LogP contribution in [0, 0.1) is 0 Å². The molecule has 1 fully saturated rings. The Morgan fingerprint density at radius 2 is 1.03 bits per heavy atom. The smallest absolute Gasteiger partial charge is 0.252 e. The summed E-state index contributed by atoms with van der Waals surface area (Å²) < 4.78 is 2.65. The maximum absolute atomic E-state index is 2.84. The molecular weight excluding hydrogens is 938 g/mol. The Morgan fingerprint density at radius 1 is 0.447 bits per heavy atom. The molecule has 9 aromatic rings. The van der Waals surface area contributed by atoms with Crippen LogP contribution in [0.5, 0.6) is 0 Å². The molecule has 0 N–H and O–H groups in total. The molecule has 5 aliphatic rings. The van der Waals surface area contributed by atoms with E-state index in [1.54, 1.807) is 0 Å². The van der Waals surface area contributed by atoms with E-state index in [1.807, 2.05) is 11.3 Å². The van der Waals surface area contributed by atoms with Gasteiger partial charge in [0.05, 0.1) is 11.2 Å². The molecule has 2 atom stereocenters. The normalized spacial score (nSPS) is 20.1. The van der Waals surface area contributed by atoms with E-state index in [0.717, 1.165) is 6.42 Å². The third-order valence-corrected chi connectivity index (χ3v) is 20.6. The largest absolute Gasteiger partial charge is 0.334 e. The lowest BCUT2D eigenvalue weighted by atomic mass is 9.33. The first kappa shape index (κ1) is 47.9. The van der Waals surface area contributed by atoms with Crippen molar-refractivity contribution in [1.82, 2.24) is 0 Å². The van der Waals surface area contributed by atoms with Crippen molar-refractivity contribution in [2.45, 2.75) is 148 Å². The third-order valence-electron chi connectivity index (χ3n) is 19.5. The molecule has 0 bridgehead atoms. The fraction of sp³-hybridized carbons (Fsp3) is 0.324. The van der Waals surface area contributed by atoms with Gasteiger partial charge in [-0.3, -0.25) is 0 Å². The Kier molecular flexibility index (Phi) is 9.94. The highest BCUT2D eigenvalue weighted by Gasteiger charge is 2.58. The van der Waals surface area contributed by atoms with Crippen molar-refractivity contribution < 1.29 is 0 Å². The topological polar surface area (TPSA) is 9.72 Å². The number of nitrogens with zero attached hydrogens (tertiary/aromatic N) is 3. The van der Waals surface area contributed by atoms with Crippen LogP contribution in [-0.4, -0.2) is 12.3 Å². The van der Waals surface area contributed by atoms with Gasteiger partial charge in [0.2, 0.25) is 0 Å². The Hall–Kier alpha value is -6.56. The van der Waals surface area contributed by atoms with E-state index in [2.05, 4.69) is 256 Å². The summed E-state index contributed by atoms with van der Waals surface area (Å²) in [7, 11) is 0. The second-order valence-corrected chi connectivity index (χ2v) is 28.4. The SMILES string of the molecule is CC(C)(C)c1ccc2c(c1)B1c3cc(C(C)(C)C)ccc3N(c3cccc4c3-c3ccccc3C4(C)C)c3cc(N4c5ccc(C(C)(C)C)cc5C5(C)CCCCC45C)cc(c31)N2c1ccc2sc3ccccc3c2c1. The van der Waals surface area contributed by atoms with E-state index in [4.69, 9.17) is 0 Å². The number of anilines is 8. The molecule has 0 spiro atoms. The van der Waals surface area contributed by atoms with Crippen molar-refractivity contribution in [1.29, 1.82) is 0 Å². The minimum atomic E-state index is -0.159. The summed E-state index contributed by atoms with van der Waals surface area (Å²) in [6.45, 7) is 31.4. The van der Waals surface area contributed by atoms with E-state index in [9.17, 15) is 0 Å². The number of thiophene rings is 1. The van der Waals surface area contributed by atoms with Crippen LogP contribution in [0.1, 0.15) is 149 Å². The number of fused-ring (bicyclic) bond motifs is 13. The highest BCUT2D eigenvalue weighted by molar-refractivity contribution is 7.25. The van der Waals surface area contributed by atoms with E-state index in [-0.39, 0.29) is 39.3 Å². The number of rotatable bonds is 3. The molecule has 5 heteroatoms. The summed E-state index contributed by atoms with van der Waals surface area (Å²) in [6, 6.07) is 60.5. The first-order chi connectivity index (χ1) is 36.1. The molecule has 1 aromatic heterocycles. The standard InChI is InChI=1S/C71H72BN3S/c1-66(2,3)43-27-31-56-53(37-43)70(12)35-18-19-36-71(70,13)75(56)47-41-60-65-61(42-47)74(59-25-20-24-52-64(59)49-22-14-16-23-51(49)69(52,10)11)58-33-29-45(68(7,8)9)39-55(58)72(65)54-38-44(67(4,5)6)28-32-57(54)73(60)46-30-34-63-50(40-46)48-21-15-17-26-62(48)76-63/h14-17,20-34,37-42H,18-19,35-36H2,1-13H3. The zero-order valence-electron chi connectivity index (χ0n) is 47.1. The average molecular weight is 1010 g/mol. The fourth-order valence-corrected chi connectivity index (χ4v) is 16.1. The summed E-state index contributed by atoms with van der Waals surface area (Å²) in [5.41, 5.74) is 24.9. The molecule has 0 saturated heterocycles. The summed E-state index contributed by atoms with van der Waals surface area (Å²) in [5, 5.41) is 2.64. The van der Waals surface area contributed by atoms with Crippen LogP contribution >= 0.6 is 11.3 Å². The zero-order valence-corrected chi connectivity index (χ0v) is 47.9. The van der Waals surface area contributed by atoms with Crippen molar-refractivity contribution in [3.05, 3.63) is 185 Å². The monoisotopic (exact) mass is 1010 g/mol. The van der Waals surface area contributed by atoms with Crippen molar-refractivity contribution >= 4 is 100 Å². The summed E-state index contributed by atoms with van der Waals surface area (Å²) in [4.78, 5) is 8.25. The second-order valence-electron chi connectivity index (χ2n) is 27.3. The summed E-state index contributed by atoms with van der Waals surface area (Å²) in [6.07, 6.45) is 4.76. The number of hydrogen-bond acceptors (Lipinski definition) is 4. The molecule has 380 valence electrons. The van der Waals surface area contributed by atoms with Gasteiger partial charge >= 0.3 is 0 Å². The lowest BCUT2D eigenvalue weighted by molar-refractivity contribution is 0.195. The van der Waals surface area contributed by atoms with Gasteiger partial charge in [-0.05, 0) is 152 Å². The predicted molar refractivity (Wildman–Crippen MR) is 330 cm³/mol. The van der Waals surface area contributed by atoms with Crippen molar-refractivity contribution in [3.8, 4) is 11.1 Å². The molecule has 4 heterocycles. The number of hydrogen-bond donors (Lipinski definition) is 0.